The van der Waals surface area contributed by atoms with E-state index in [1.807, 2.05) is 49.6 Å². The SMILES string of the molecule is COC12CC[C@@H](N(CC(C)C)C(=O)c3ccccc3)CC1(c1cccc(O)c1)CCN(CC1CC1)C2. The maximum Gasteiger partial charge on any atom is 0.254 e. The van der Waals surface area contributed by atoms with Gasteiger partial charge in [-0.25, -0.2) is 0 Å². The maximum atomic E-state index is 13.8. The summed E-state index contributed by atoms with van der Waals surface area (Å²) in [7, 11) is 1.87. The normalized spacial score (nSPS) is 28.6. The topological polar surface area (TPSA) is 53.0 Å². The van der Waals surface area contributed by atoms with E-state index < -0.39 is 0 Å². The fraction of sp³-hybridized carbons (Fsp3) is 0.581. The number of hydrogen-bond donors (Lipinski definition) is 1. The van der Waals surface area contributed by atoms with Crippen LogP contribution in [0.1, 0.15) is 68.3 Å². The van der Waals surface area contributed by atoms with Crippen LogP contribution < -0.4 is 0 Å². The van der Waals surface area contributed by atoms with Crippen molar-refractivity contribution in [2.75, 3.05) is 33.3 Å². The van der Waals surface area contributed by atoms with Crippen molar-refractivity contribution < 1.29 is 14.6 Å². The van der Waals surface area contributed by atoms with Gasteiger partial charge in [0, 0.05) is 43.8 Å². The van der Waals surface area contributed by atoms with Crippen LogP contribution >= 0.6 is 0 Å². The standard InChI is InChI=1S/C31H42N2O3/c1-23(2)20-33(29(35)25-8-5-4-6-9-25)27-14-15-31(36-3)22-32(21-24-12-13-24)17-16-30(31,19-27)26-10-7-11-28(34)18-26/h4-11,18,23-24,27,34H,12-17,19-22H2,1-3H3/t27-,30?,31?/m1/s1. The van der Waals surface area contributed by atoms with Crippen molar-refractivity contribution >= 4 is 5.91 Å². The maximum absolute atomic E-state index is 13.8. The van der Waals surface area contributed by atoms with Crippen molar-refractivity contribution in [3.05, 3.63) is 65.7 Å². The third kappa shape index (κ3) is 4.80. The van der Waals surface area contributed by atoms with Crippen molar-refractivity contribution in [1.82, 2.24) is 9.80 Å². The molecule has 2 aliphatic carbocycles. The number of ether oxygens (including phenoxy) is 1. The number of amides is 1. The van der Waals surface area contributed by atoms with E-state index in [0.29, 0.717) is 11.7 Å². The molecule has 0 bridgehead atoms. The zero-order valence-corrected chi connectivity index (χ0v) is 22.2. The Kier molecular flexibility index (Phi) is 7.15. The number of hydrogen-bond acceptors (Lipinski definition) is 4. The van der Waals surface area contributed by atoms with E-state index in [4.69, 9.17) is 4.74 Å². The highest BCUT2D eigenvalue weighted by molar-refractivity contribution is 5.94. The van der Waals surface area contributed by atoms with E-state index in [0.717, 1.165) is 68.9 Å². The third-order valence-electron chi connectivity index (χ3n) is 8.96. The van der Waals surface area contributed by atoms with Crippen LogP contribution in [0.3, 0.4) is 0 Å². The van der Waals surface area contributed by atoms with Crippen molar-refractivity contribution in [2.24, 2.45) is 11.8 Å². The summed E-state index contributed by atoms with van der Waals surface area (Å²) in [5, 5.41) is 10.5. The van der Waals surface area contributed by atoms with Crippen LogP contribution in [0.15, 0.2) is 54.6 Å². The highest BCUT2D eigenvalue weighted by atomic mass is 16.5. The van der Waals surface area contributed by atoms with Gasteiger partial charge < -0.3 is 19.6 Å². The molecule has 3 fully saturated rings. The number of nitrogens with zero attached hydrogens (tertiary/aromatic N) is 2. The summed E-state index contributed by atoms with van der Waals surface area (Å²) in [5.74, 6) is 1.64. The second-order valence-corrected chi connectivity index (χ2v) is 11.9. The molecule has 2 unspecified atom stereocenters. The molecule has 36 heavy (non-hydrogen) atoms. The molecular weight excluding hydrogens is 448 g/mol. The predicted molar refractivity (Wildman–Crippen MR) is 143 cm³/mol. The van der Waals surface area contributed by atoms with Gasteiger partial charge in [-0.3, -0.25) is 4.79 Å². The molecule has 0 aromatic heterocycles. The minimum Gasteiger partial charge on any atom is -0.508 e. The quantitative estimate of drug-likeness (QED) is 0.532. The van der Waals surface area contributed by atoms with Crippen LogP contribution in [0.5, 0.6) is 5.75 Å². The fourth-order valence-electron chi connectivity index (χ4n) is 6.99. The molecule has 1 aliphatic heterocycles. The van der Waals surface area contributed by atoms with Crippen molar-refractivity contribution in [2.45, 2.75) is 69.4 Å². The number of phenols is 1. The molecular formula is C31H42N2O3. The Morgan fingerprint density at radius 1 is 1.11 bits per heavy atom. The summed E-state index contributed by atoms with van der Waals surface area (Å²) in [5.41, 5.74) is 1.32. The van der Waals surface area contributed by atoms with Crippen molar-refractivity contribution in [3.8, 4) is 5.75 Å². The van der Waals surface area contributed by atoms with Crippen LogP contribution in [-0.2, 0) is 10.2 Å². The van der Waals surface area contributed by atoms with E-state index in [1.54, 1.807) is 6.07 Å². The number of fused-ring (bicyclic) bond motifs is 1. The van der Waals surface area contributed by atoms with E-state index in [9.17, 15) is 9.90 Å². The summed E-state index contributed by atoms with van der Waals surface area (Å²) in [6, 6.07) is 17.7. The highest BCUT2D eigenvalue weighted by Gasteiger charge is 2.60. The Balaban J connectivity index is 1.52. The first kappa shape index (κ1) is 25.3. The van der Waals surface area contributed by atoms with E-state index in [1.165, 1.54) is 12.8 Å². The Morgan fingerprint density at radius 3 is 2.56 bits per heavy atom. The van der Waals surface area contributed by atoms with Gasteiger partial charge in [0.2, 0.25) is 0 Å². The molecule has 0 spiro atoms. The van der Waals surface area contributed by atoms with E-state index >= 15 is 0 Å². The summed E-state index contributed by atoms with van der Waals surface area (Å²) in [6.45, 7) is 8.22. The molecule has 1 amide bonds. The minimum atomic E-state index is -0.330. The molecule has 1 heterocycles. The first-order valence-corrected chi connectivity index (χ1v) is 13.8. The van der Waals surface area contributed by atoms with Crippen LogP contribution in [-0.4, -0.2) is 65.7 Å². The summed E-state index contributed by atoms with van der Waals surface area (Å²) in [6.07, 6.45) is 6.36. The number of carbonyl (C=O) groups excluding carboxylic acids is 1. The lowest BCUT2D eigenvalue weighted by atomic mass is 9.55. The van der Waals surface area contributed by atoms with Gasteiger partial charge in [-0.1, -0.05) is 44.2 Å². The van der Waals surface area contributed by atoms with Crippen LogP contribution in [0, 0.1) is 11.8 Å². The molecule has 2 aromatic carbocycles. The molecule has 3 aliphatic rings. The molecule has 5 heteroatoms. The third-order valence-corrected chi connectivity index (χ3v) is 8.96. The van der Waals surface area contributed by atoms with E-state index in [2.05, 4.69) is 29.7 Å². The molecule has 3 atom stereocenters. The molecule has 1 N–H and O–H groups in total. The zero-order valence-electron chi connectivity index (χ0n) is 22.2. The van der Waals surface area contributed by atoms with Crippen LogP contribution in [0.25, 0.3) is 0 Å². The zero-order chi connectivity index (χ0) is 25.3. The first-order chi connectivity index (χ1) is 17.4. The lowest BCUT2D eigenvalue weighted by Crippen LogP contribution is -2.68. The molecule has 194 valence electrons. The van der Waals surface area contributed by atoms with Gasteiger partial charge in [-0.05, 0) is 86.7 Å². The lowest BCUT2D eigenvalue weighted by molar-refractivity contribution is -0.155. The number of likely N-dealkylation sites (tertiary alicyclic amines) is 1. The monoisotopic (exact) mass is 490 g/mol. The molecule has 5 nitrogen and oxygen atoms in total. The van der Waals surface area contributed by atoms with E-state index in [-0.39, 0.29) is 23.0 Å². The van der Waals surface area contributed by atoms with Gasteiger partial charge in [0.15, 0.2) is 0 Å². The average Bonchev–Trinajstić information content (AvgIpc) is 3.71. The number of aromatic hydroxyl groups is 1. The second kappa shape index (κ2) is 10.2. The summed E-state index contributed by atoms with van der Waals surface area (Å²) >= 11 is 0. The first-order valence-electron chi connectivity index (χ1n) is 13.8. The molecule has 5 rings (SSSR count). The summed E-state index contributed by atoms with van der Waals surface area (Å²) < 4.78 is 6.54. The van der Waals surface area contributed by atoms with Crippen LogP contribution in [0.2, 0.25) is 0 Å². The lowest BCUT2D eigenvalue weighted by Gasteiger charge is -2.61. The molecule has 0 radical (unpaired) electrons. The van der Waals surface area contributed by atoms with Gasteiger partial charge in [-0.15, -0.1) is 0 Å². The second-order valence-electron chi connectivity index (χ2n) is 11.9. The number of rotatable bonds is 8. The smallest absolute Gasteiger partial charge is 0.254 e. The predicted octanol–water partition coefficient (Wildman–Crippen LogP) is 5.48. The summed E-state index contributed by atoms with van der Waals surface area (Å²) in [4.78, 5) is 18.6. The fourth-order valence-corrected chi connectivity index (χ4v) is 6.99. The van der Waals surface area contributed by atoms with Crippen molar-refractivity contribution in [3.63, 3.8) is 0 Å². The number of methoxy groups -OCH3 is 1. The molecule has 2 saturated carbocycles. The largest absolute Gasteiger partial charge is 0.508 e. The minimum absolute atomic E-state index is 0.122. The Hall–Kier alpha value is -2.37. The molecule has 1 saturated heterocycles. The van der Waals surface area contributed by atoms with Gasteiger partial charge >= 0.3 is 0 Å². The van der Waals surface area contributed by atoms with Crippen molar-refractivity contribution in [1.29, 1.82) is 0 Å². The number of benzene rings is 2. The molecule has 2 aromatic rings. The Morgan fingerprint density at radius 2 is 1.89 bits per heavy atom. The Bertz CT molecular complexity index is 1050. The van der Waals surface area contributed by atoms with Gasteiger partial charge in [0.05, 0.1) is 5.60 Å². The average molecular weight is 491 g/mol. The van der Waals surface area contributed by atoms with Gasteiger partial charge in [0.25, 0.3) is 5.91 Å². The number of phenolic OH excluding ortho intramolecular Hbond substituents is 1. The highest BCUT2D eigenvalue weighted by Crippen LogP contribution is 2.55. The number of piperidine rings is 1. The van der Waals surface area contributed by atoms with Gasteiger partial charge in [-0.2, -0.15) is 0 Å². The Labute approximate surface area is 216 Å². The number of carbonyl (C=O) groups is 1. The van der Waals surface area contributed by atoms with Crippen LogP contribution in [0.4, 0.5) is 0 Å². The van der Waals surface area contributed by atoms with Gasteiger partial charge in [0.1, 0.15) is 5.75 Å².